The Morgan fingerprint density at radius 1 is 0.600 bits per heavy atom. The lowest BCUT2D eigenvalue weighted by molar-refractivity contribution is 0.824. The third-order valence-corrected chi connectivity index (χ3v) is 0. The summed E-state index contributed by atoms with van der Waals surface area (Å²) in [4.78, 5) is 0. The molecule has 34 valence electrons. The van der Waals surface area contributed by atoms with E-state index in [0.29, 0.717) is 0 Å². The van der Waals surface area contributed by atoms with Crippen molar-refractivity contribution in [2.45, 2.75) is 0 Å². The Balaban J connectivity index is 0. The van der Waals surface area contributed by atoms with Crippen molar-refractivity contribution >= 4 is 52.1 Å². The smallest absolute Gasteiger partial charge is 0.187 e. The third kappa shape index (κ3) is 29.6. The van der Waals surface area contributed by atoms with Crippen molar-refractivity contribution in [2.24, 2.45) is 0 Å². The molecule has 0 heterocycles. The molecule has 0 saturated carbocycles. The zero-order valence-electron chi connectivity index (χ0n) is 1.21. The molecule has 0 aliphatic heterocycles. The van der Waals surface area contributed by atoms with Gasteiger partial charge in [-0.15, -0.1) is 0 Å². The number of hydrogen-bond donors (Lipinski definition) is 1. The summed E-state index contributed by atoms with van der Waals surface area (Å²) in [5, 5.41) is 0. The van der Waals surface area contributed by atoms with Crippen LogP contribution >= 0.6 is 0 Å². The quantitative estimate of drug-likeness (QED) is 0.327. The molecule has 0 fully saturated rings. The minimum absolute atomic E-state index is 0. The minimum atomic E-state index is 0. The molecule has 0 aliphatic carbocycles. The van der Waals surface area contributed by atoms with Crippen LogP contribution in [0, 0.1) is 0 Å². The van der Waals surface area contributed by atoms with E-state index < -0.39 is 0 Å². The first-order valence-electron chi connectivity index (χ1n) is 0. The first-order valence-corrected chi connectivity index (χ1v) is 0. The second-order valence-electron chi connectivity index (χ2n) is 0. The molecule has 0 radical (unpaired) electrons. The van der Waals surface area contributed by atoms with Crippen LogP contribution in [0.2, 0.25) is 0 Å². The largest absolute Gasteiger partial charge is 0.412 e. The van der Waals surface area contributed by atoms with Gasteiger partial charge in [-0.3, -0.25) is 0 Å². The van der Waals surface area contributed by atoms with Gasteiger partial charge in [-0.05, 0) is 0 Å². The Morgan fingerprint density at radius 3 is 0.600 bits per heavy atom. The second kappa shape index (κ2) is 48.9. The highest BCUT2D eigenvalue weighted by Gasteiger charge is 0.189. The molecular formula is H14Al3NO. The van der Waals surface area contributed by atoms with Crippen molar-refractivity contribution < 1.29 is 5.48 Å². The Kier molecular flexibility index (Phi) is 843. The van der Waals surface area contributed by atoms with E-state index in [4.69, 9.17) is 0 Å². The molecule has 0 spiro atoms. The molecule has 0 amide bonds. The number of rotatable bonds is 0. The minimum Gasteiger partial charge on any atom is -0.412 e. The van der Waals surface area contributed by atoms with Gasteiger partial charge in [-0.25, -0.2) is 0 Å². The van der Waals surface area contributed by atoms with Crippen LogP contribution in [0.5, 0.6) is 0 Å². The van der Waals surface area contributed by atoms with Crippen molar-refractivity contribution in [3.05, 3.63) is 0 Å². The standard InChI is InChI=1S/3Al.H3N.H2O.9H/h;;;1H3;1H2;;;;;;;;;. The lowest BCUT2D eigenvalue weighted by Gasteiger charge is -0.412. The van der Waals surface area contributed by atoms with E-state index in [1.54, 1.807) is 0 Å². The average molecular weight is 125 g/mol. The maximum atomic E-state index is 0. The molecule has 0 aromatic rings. The van der Waals surface area contributed by atoms with E-state index in [-0.39, 0.29) is 63.7 Å². The van der Waals surface area contributed by atoms with Gasteiger partial charge in [0, 0.05) is 0 Å². The Labute approximate surface area is 63.6 Å². The SMILES string of the molecule is N.O.[AlH3].[AlH3].[AlH3]. The van der Waals surface area contributed by atoms with E-state index >= 15 is 0 Å². The van der Waals surface area contributed by atoms with Crippen LogP contribution in [0.4, 0.5) is 0 Å². The van der Waals surface area contributed by atoms with Gasteiger partial charge in [0.15, 0.2) is 52.1 Å². The average Bonchev–Trinajstić information content (AvgIpc) is 0. The van der Waals surface area contributed by atoms with Crippen molar-refractivity contribution in [3.63, 3.8) is 0 Å². The van der Waals surface area contributed by atoms with E-state index in [0.717, 1.165) is 0 Å². The normalized spacial score (nSPS) is 0. The van der Waals surface area contributed by atoms with Crippen LogP contribution in [0.1, 0.15) is 0 Å². The molecule has 0 aromatic heterocycles. The van der Waals surface area contributed by atoms with Crippen LogP contribution in [0.15, 0.2) is 0 Å². The first kappa shape index (κ1) is 86.2. The molecule has 0 aromatic carbocycles. The maximum Gasteiger partial charge on any atom is 0.187 e. The third-order valence-electron chi connectivity index (χ3n) is 0. The summed E-state index contributed by atoms with van der Waals surface area (Å²) in [5.41, 5.74) is 0. The molecule has 0 unspecified atom stereocenters. The maximum absolute atomic E-state index is 0. The van der Waals surface area contributed by atoms with Crippen molar-refractivity contribution in [3.8, 4) is 0 Å². The fourth-order valence-electron chi connectivity index (χ4n) is 0. The summed E-state index contributed by atoms with van der Waals surface area (Å²) < 4.78 is 0. The van der Waals surface area contributed by atoms with Crippen LogP contribution < -0.4 is 6.15 Å². The van der Waals surface area contributed by atoms with Crippen molar-refractivity contribution in [1.29, 1.82) is 0 Å². The summed E-state index contributed by atoms with van der Waals surface area (Å²) in [6.45, 7) is 0. The zero-order valence-corrected chi connectivity index (χ0v) is 1.21. The van der Waals surface area contributed by atoms with Crippen LogP contribution in [0.25, 0.3) is 0 Å². The predicted molar refractivity (Wildman–Crippen MR) is 38.5 cm³/mol. The summed E-state index contributed by atoms with van der Waals surface area (Å²) >= 11 is 0. The van der Waals surface area contributed by atoms with Crippen molar-refractivity contribution in [2.75, 3.05) is 0 Å². The molecule has 0 saturated heterocycles. The fraction of sp³-hybridized carbons (Fsp3) is 0. The molecule has 0 rings (SSSR count). The molecule has 5 heavy (non-hydrogen) atoms. The van der Waals surface area contributed by atoms with Gasteiger partial charge in [-0.2, -0.15) is 0 Å². The molecule has 0 aliphatic rings. The van der Waals surface area contributed by atoms with Gasteiger partial charge in [0.25, 0.3) is 0 Å². The first-order chi connectivity index (χ1) is 0. The molecule has 5 N–H and O–H groups in total. The highest BCUT2D eigenvalue weighted by atomic mass is 27.0. The molecular weight excluding hydrogens is 111 g/mol. The van der Waals surface area contributed by atoms with Crippen molar-refractivity contribution in [1.82, 2.24) is 6.15 Å². The van der Waals surface area contributed by atoms with E-state index in [1.807, 2.05) is 0 Å². The van der Waals surface area contributed by atoms with E-state index in [2.05, 4.69) is 0 Å². The van der Waals surface area contributed by atoms with E-state index in [1.165, 1.54) is 0 Å². The summed E-state index contributed by atoms with van der Waals surface area (Å²) in [6.07, 6.45) is 0. The van der Waals surface area contributed by atoms with Gasteiger partial charge >= 0.3 is 0 Å². The van der Waals surface area contributed by atoms with Gasteiger partial charge in [0.2, 0.25) is 0 Å². The summed E-state index contributed by atoms with van der Waals surface area (Å²) in [5.74, 6) is 0. The Hall–Kier alpha value is 1.52. The Bertz CT molecular complexity index is 6.85. The fourth-order valence-corrected chi connectivity index (χ4v) is 0. The predicted octanol–water partition coefficient (Wildman–Crippen LogP) is -4.21. The summed E-state index contributed by atoms with van der Waals surface area (Å²) in [6, 6.07) is 0. The molecule has 0 bridgehead atoms. The van der Waals surface area contributed by atoms with Crippen LogP contribution in [-0.4, -0.2) is 57.6 Å². The number of hydrogen-bond acceptors (Lipinski definition) is 1. The highest BCUT2D eigenvalue weighted by molar-refractivity contribution is 5.76. The molecule has 2 nitrogen and oxygen atoms in total. The zero-order chi connectivity index (χ0) is 0. The lowest BCUT2D eigenvalue weighted by atomic mass is 14.0. The molecule has 0 atom stereocenters. The molecule has 5 heteroatoms. The summed E-state index contributed by atoms with van der Waals surface area (Å²) in [7, 11) is 0. The van der Waals surface area contributed by atoms with Gasteiger partial charge in [0.1, 0.15) is 0 Å². The second-order valence-corrected chi connectivity index (χ2v) is 0. The topological polar surface area (TPSA) is 66.5 Å². The lowest BCUT2D eigenvalue weighted by Crippen LogP contribution is -0.481. The monoisotopic (exact) mass is 125 g/mol. The van der Waals surface area contributed by atoms with Gasteiger partial charge < -0.3 is 11.6 Å². The van der Waals surface area contributed by atoms with Crippen LogP contribution in [0.3, 0.4) is 0 Å². The van der Waals surface area contributed by atoms with Gasteiger partial charge in [0.05, 0.1) is 0 Å². The Morgan fingerprint density at radius 2 is 0.600 bits per heavy atom. The van der Waals surface area contributed by atoms with Gasteiger partial charge in [-0.1, -0.05) is 0 Å². The van der Waals surface area contributed by atoms with E-state index in [9.17, 15) is 0 Å². The van der Waals surface area contributed by atoms with Crippen LogP contribution in [-0.2, 0) is 0 Å². The highest BCUT2D eigenvalue weighted by Crippen LogP contribution is -0.289.